The highest BCUT2D eigenvalue weighted by Gasteiger charge is 2.36. The van der Waals surface area contributed by atoms with Crippen molar-refractivity contribution in [1.29, 1.82) is 5.26 Å². The summed E-state index contributed by atoms with van der Waals surface area (Å²) < 4.78 is 0. The third kappa shape index (κ3) is 3.89. The Labute approximate surface area is 157 Å². The summed E-state index contributed by atoms with van der Waals surface area (Å²) >= 11 is 0. The van der Waals surface area contributed by atoms with Crippen LogP contribution in [0.5, 0.6) is 0 Å². The molecule has 1 saturated heterocycles. The molecule has 0 bridgehead atoms. The van der Waals surface area contributed by atoms with Crippen molar-refractivity contribution in [3.8, 4) is 6.07 Å². The van der Waals surface area contributed by atoms with Gasteiger partial charge in [-0.1, -0.05) is 60.7 Å². The largest absolute Gasteiger partial charge is 0.298 e. The fourth-order valence-electron chi connectivity index (χ4n) is 4.07. The van der Waals surface area contributed by atoms with Crippen molar-refractivity contribution in [2.24, 2.45) is 0 Å². The maximum Gasteiger partial charge on any atom is 0.108 e. The van der Waals surface area contributed by atoms with Gasteiger partial charge >= 0.3 is 0 Å². The summed E-state index contributed by atoms with van der Waals surface area (Å²) in [5.41, 5.74) is 1.61. The Kier molecular flexibility index (Phi) is 6.64. The van der Waals surface area contributed by atoms with Crippen LogP contribution in [0, 0.1) is 11.3 Å². The molecule has 0 amide bonds. The van der Waals surface area contributed by atoms with Gasteiger partial charge in [0.15, 0.2) is 0 Å². The van der Waals surface area contributed by atoms with Gasteiger partial charge in [0.2, 0.25) is 0 Å². The number of halogens is 1. The Morgan fingerprint density at radius 1 is 0.920 bits per heavy atom. The SMILES string of the molecule is CC1CCC(C)N1CCC(C#N)(c1ccccc1)c1ccccc1.Cl. The summed E-state index contributed by atoms with van der Waals surface area (Å²) in [5, 5.41) is 10.2. The smallest absolute Gasteiger partial charge is 0.108 e. The van der Waals surface area contributed by atoms with Crippen molar-refractivity contribution in [2.45, 2.75) is 50.6 Å². The molecule has 25 heavy (non-hydrogen) atoms. The summed E-state index contributed by atoms with van der Waals surface area (Å²) in [7, 11) is 0. The number of nitrogens with zero attached hydrogens (tertiary/aromatic N) is 2. The molecule has 1 fully saturated rings. The quantitative estimate of drug-likeness (QED) is 0.739. The Morgan fingerprint density at radius 2 is 1.36 bits per heavy atom. The molecule has 2 nitrogen and oxygen atoms in total. The van der Waals surface area contributed by atoms with Gasteiger partial charge in [0.05, 0.1) is 6.07 Å². The predicted octanol–water partition coefficient (Wildman–Crippen LogP) is 5.18. The second kappa shape index (κ2) is 8.52. The molecule has 0 N–H and O–H groups in total. The van der Waals surface area contributed by atoms with Gasteiger partial charge in [-0.3, -0.25) is 4.90 Å². The molecule has 2 aromatic rings. The lowest BCUT2D eigenvalue weighted by Crippen LogP contribution is -2.38. The molecule has 1 heterocycles. The molecule has 3 heteroatoms. The molecule has 2 unspecified atom stereocenters. The zero-order valence-electron chi connectivity index (χ0n) is 15.1. The van der Waals surface area contributed by atoms with Crippen LogP contribution in [-0.4, -0.2) is 23.5 Å². The highest BCUT2D eigenvalue weighted by Crippen LogP contribution is 2.36. The van der Waals surface area contributed by atoms with Crippen LogP contribution in [0.25, 0.3) is 0 Å². The summed E-state index contributed by atoms with van der Waals surface area (Å²) in [6.07, 6.45) is 3.35. The Morgan fingerprint density at radius 3 is 1.76 bits per heavy atom. The van der Waals surface area contributed by atoms with E-state index in [4.69, 9.17) is 0 Å². The van der Waals surface area contributed by atoms with Crippen LogP contribution >= 0.6 is 12.4 Å². The van der Waals surface area contributed by atoms with E-state index in [1.807, 2.05) is 36.4 Å². The Bertz CT molecular complexity index is 643. The monoisotopic (exact) mass is 354 g/mol. The van der Waals surface area contributed by atoms with Crippen molar-refractivity contribution in [2.75, 3.05) is 6.54 Å². The van der Waals surface area contributed by atoms with Crippen molar-refractivity contribution in [1.82, 2.24) is 4.90 Å². The van der Waals surface area contributed by atoms with Gasteiger partial charge in [0, 0.05) is 18.6 Å². The van der Waals surface area contributed by atoms with Gasteiger partial charge < -0.3 is 0 Å². The van der Waals surface area contributed by atoms with E-state index in [1.165, 1.54) is 12.8 Å². The minimum absolute atomic E-state index is 0. The summed E-state index contributed by atoms with van der Waals surface area (Å²) in [6.45, 7) is 5.57. The molecule has 1 aliphatic rings. The van der Waals surface area contributed by atoms with Crippen molar-refractivity contribution >= 4 is 12.4 Å². The zero-order chi connectivity index (χ0) is 17.0. The number of hydrogen-bond acceptors (Lipinski definition) is 2. The van der Waals surface area contributed by atoms with Crippen molar-refractivity contribution in [3.05, 3.63) is 71.8 Å². The molecule has 2 aromatic carbocycles. The van der Waals surface area contributed by atoms with Crippen LogP contribution in [0.1, 0.15) is 44.2 Å². The molecule has 3 rings (SSSR count). The van der Waals surface area contributed by atoms with Crippen LogP contribution in [0.15, 0.2) is 60.7 Å². The lowest BCUT2D eigenvalue weighted by atomic mass is 9.73. The van der Waals surface area contributed by atoms with E-state index in [-0.39, 0.29) is 12.4 Å². The highest BCUT2D eigenvalue weighted by molar-refractivity contribution is 5.85. The number of likely N-dealkylation sites (tertiary alicyclic amines) is 1. The van der Waals surface area contributed by atoms with E-state index in [2.05, 4.69) is 49.1 Å². The van der Waals surface area contributed by atoms with E-state index in [0.29, 0.717) is 12.1 Å². The predicted molar refractivity (Wildman–Crippen MR) is 106 cm³/mol. The first-order valence-electron chi connectivity index (χ1n) is 8.95. The molecule has 0 saturated carbocycles. The van der Waals surface area contributed by atoms with Crippen LogP contribution in [0.3, 0.4) is 0 Å². The first kappa shape index (κ1) is 19.5. The molecule has 2 atom stereocenters. The molecular formula is C22H27ClN2. The van der Waals surface area contributed by atoms with Crippen LogP contribution in [-0.2, 0) is 5.41 Å². The van der Waals surface area contributed by atoms with E-state index < -0.39 is 5.41 Å². The minimum Gasteiger partial charge on any atom is -0.298 e. The molecule has 1 aliphatic heterocycles. The normalized spacial score (nSPS) is 20.7. The molecule has 0 aliphatic carbocycles. The van der Waals surface area contributed by atoms with Crippen LogP contribution in [0.4, 0.5) is 0 Å². The number of nitriles is 1. The van der Waals surface area contributed by atoms with Gasteiger partial charge in [-0.15, -0.1) is 12.4 Å². The summed E-state index contributed by atoms with van der Waals surface area (Å²) in [6, 6.07) is 24.4. The van der Waals surface area contributed by atoms with E-state index in [1.54, 1.807) is 0 Å². The van der Waals surface area contributed by atoms with Gasteiger partial charge in [0.25, 0.3) is 0 Å². The van der Waals surface area contributed by atoms with Gasteiger partial charge in [-0.25, -0.2) is 0 Å². The Balaban J connectivity index is 0.00000225. The maximum atomic E-state index is 10.2. The van der Waals surface area contributed by atoms with E-state index in [9.17, 15) is 5.26 Å². The molecular weight excluding hydrogens is 328 g/mol. The Hall–Kier alpha value is -1.82. The first-order chi connectivity index (χ1) is 11.7. The van der Waals surface area contributed by atoms with E-state index in [0.717, 1.165) is 24.1 Å². The van der Waals surface area contributed by atoms with Crippen molar-refractivity contribution < 1.29 is 0 Å². The lowest BCUT2D eigenvalue weighted by molar-refractivity contribution is 0.203. The second-order valence-electron chi connectivity index (χ2n) is 7.01. The molecule has 0 radical (unpaired) electrons. The standard InChI is InChI=1S/C22H26N2.ClH/c1-18-13-14-19(2)24(18)16-15-22(17-23,20-9-5-3-6-10-20)21-11-7-4-8-12-21;/h3-12,18-19H,13-16H2,1-2H3;1H. The molecule has 0 aromatic heterocycles. The number of rotatable bonds is 5. The second-order valence-corrected chi connectivity index (χ2v) is 7.01. The highest BCUT2D eigenvalue weighted by atomic mass is 35.5. The topological polar surface area (TPSA) is 27.0 Å². The minimum atomic E-state index is -0.579. The van der Waals surface area contributed by atoms with Crippen molar-refractivity contribution in [3.63, 3.8) is 0 Å². The number of benzene rings is 2. The average Bonchev–Trinajstić information content (AvgIpc) is 2.96. The van der Waals surface area contributed by atoms with E-state index >= 15 is 0 Å². The van der Waals surface area contributed by atoms with Crippen LogP contribution < -0.4 is 0 Å². The third-order valence-corrected chi connectivity index (χ3v) is 5.60. The fraction of sp³-hybridized carbons (Fsp3) is 0.409. The molecule has 132 valence electrons. The number of hydrogen-bond donors (Lipinski definition) is 0. The van der Waals surface area contributed by atoms with Gasteiger partial charge in [-0.2, -0.15) is 5.26 Å². The fourth-order valence-corrected chi connectivity index (χ4v) is 4.07. The lowest BCUT2D eigenvalue weighted by Gasteiger charge is -2.33. The summed E-state index contributed by atoms with van der Waals surface area (Å²) in [5.74, 6) is 0. The molecule has 0 spiro atoms. The van der Waals surface area contributed by atoms with Gasteiger partial charge in [-0.05, 0) is 44.2 Å². The third-order valence-electron chi connectivity index (χ3n) is 5.60. The van der Waals surface area contributed by atoms with Gasteiger partial charge in [0.1, 0.15) is 5.41 Å². The average molecular weight is 355 g/mol. The maximum absolute atomic E-state index is 10.2. The zero-order valence-corrected chi connectivity index (χ0v) is 15.9. The summed E-state index contributed by atoms with van der Waals surface area (Å²) in [4.78, 5) is 2.57. The van der Waals surface area contributed by atoms with Crippen LogP contribution in [0.2, 0.25) is 0 Å². The first-order valence-corrected chi connectivity index (χ1v) is 8.95.